The smallest absolute Gasteiger partial charge is 0.364 e. The van der Waals surface area contributed by atoms with Gasteiger partial charge in [0.1, 0.15) is 0 Å². The zero-order valence-electron chi connectivity index (χ0n) is 8.20. The van der Waals surface area contributed by atoms with Crippen LogP contribution in [-0.4, -0.2) is 30.0 Å². The van der Waals surface area contributed by atoms with E-state index in [1.165, 1.54) is 0 Å². The van der Waals surface area contributed by atoms with E-state index in [0.717, 1.165) is 13.8 Å². The molecular formula is C8H11NO5. The van der Waals surface area contributed by atoms with Crippen LogP contribution in [-0.2, 0) is 24.0 Å². The molecular weight excluding hydrogens is 190 g/mol. The van der Waals surface area contributed by atoms with Crippen LogP contribution in [0.5, 0.6) is 0 Å². The summed E-state index contributed by atoms with van der Waals surface area (Å²) in [5.74, 6) is -2.24. The minimum atomic E-state index is -0.902. The molecule has 0 aliphatic carbocycles. The average molecular weight is 201 g/mol. The lowest BCUT2D eigenvalue weighted by Crippen LogP contribution is -2.25. The van der Waals surface area contributed by atoms with Gasteiger partial charge in [-0.3, -0.25) is 4.79 Å². The fraction of sp³-hybridized carbons (Fsp3) is 0.500. The van der Waals surface area contributed by atoms with E-state index in [0.29, 0.717) is 0 Å². The van der Waals surface area contributed by atoms with Gasteiger partial charge < -0.3 is 9.57 Å². The number of oxime groups is 1. The summed E-state index contributed by atoms with van der Waals surface area (Å²) in [5, 5.41) is 3.08. The summed E-state index contributed by atoms with van der Waals surface area (Å²) in [5.41, 5.74) is -0.526. The van der Waals surface area contributed by atoms with Crippen molar-refractivity contribution in [3.8, 4) is 0 Å². The molecule has 0 aromatic heterocycles. The summed E-state index contributed by atoms with van der Waals surface area (Å²) in [6.07, 6.45) is 0. The van der Waals surface area contributed by atoms with Gasteiger partial charge in [-0.25, -0.2) is 9.59 Å². The number of ketones is 1. The van der Waals surface area contributed by atoms with Gasteiger partial charge in [0, 0.05) is 13.8 Å². The van der Waals surface area contributed by atoms with E-state index >= 15 is 0 Å². The third-order valence-electron chi connectivity index (χ3n) is 1.07. The maximum atomic E-state index is 11.0. The first-order chi connectivity index (χ1) is 6.49. The van der Waals surface area contributed by atoms with Crippen molar-refractivity contribution < 1.29 is 24.0 Å². The van der Waals surface area contributed by atoms with E-state index in [1.54, 1.807) is 6.92 Å². The van der Waals surface area contributed by atoms with Crippen molar-refractivity contribution in [3.63, 3.8) is 0 Å². The van der Waals surface area contributed by atoms with Crippen molar-refractivity contribution in [2.75, 3.05) is 6.61 Å². The van der Waals surface area contributed by atoms with Gasteiger partial charge in [-0.2, -0.15) is 0 Å². The van der Waals surface area contributed by atoms with Gasteiger partial charge in [0.15, 0.2) is 5.78 Å². The van der Waals surface area contributed by atoms with Gasteiger partial charge in [-0.15, -0.1) is 0 Å². The first-order valence-corrected chi connectivity index (χ1v) is 3.92. The first-order valence-electron chi connectivity index (χ1n) is 3.92. The fourth-order valence-corrected chi connectivity index (χ4v) is 0.555. The number of carbonyl (C=O) groups excluding carboxylic acids is 3. The lowest BCUT2D eigenvalue weighted by atomic mass is 10.3. The number of hydrogen-bond acceptors (Lipinski definition) is 6. The Morgan fingerprint density at radius 2 is 1.79 bits per heavy atom. The Bertz CT molecular complexity index is 281. The lowest BCUT2D eigenvalue weighted by molar-refractivity contribution is -0.141. The summed E-state index contributed by atoms with van der Waals surface area (Å²) in [4.78, 5) is 36.4. The Hall–Kier alpha value is -1.72. The molecule has 0 aliphatic heterocycles. The van der Waals surface area contributed by atoms with Crippen LogP contribution in [0.25, 0.3) is 0 Å². The van der Waals surface area contributed by atoms with Gasteiger partial charge in [-0.05, 0) is 6.92 Å². The van der Waals surface area contributed by atoms with Crippen LogP contribution in [0.2, 0.25) is 0 Å². The number of rotatable bonds is 4. The molecule has 0 rings (SSSR count). The van der Waals surface area contributed by atoms with Crippen LogP contribution >= 0.6 is 0 Å². The molecule has 6 heteroatoms. The molecule has 0 N–H and O–H groups in total. The molecule has 6 nitrogen and oxygen atoms in total. The largest absolute Gasteiger partial charge is 0.461 e. The van der Waals surface area contributed by atoms with Crippen molar-refractivity contribution in [1.29, 1.82) is 0 Å². The van der Waals surface area contributed by atoms with E-state index in [4.69, 9.17) is 0 Å². The van der Waals surface area contributed by atoms with Gasteiger partial charge in [0.2, 0.25) is 5.71 Å². The Balaban J connectivity index is 4.59. The summed E-state index contributed by atoms with van der Waals surface area (Å²) in [7, 11) is 0. The van der Waals surface area contributed by atoms with Crippen molar-refractivity contribution in [1.82, 2.24) is 0 Å². The second-order valence-electron chi connectivity index (χ2n) is 2.30. The monoisotopic (exact) mass is 201 g/mol. The van der Waals surface area contributed by atoms with Crippen LogP contribution in [0.3, 0.4) is 0 Å². The minimum Gasteiger partial charge on any atom is -0.461 e. The summed E-state index contributed by atoms with van der Waals surface area (Å²) < 4.78 is 4.52. The zero-order valence-corrected chi connectivity index (χ0v) is 8.20. The number of Topliss-reactive ketones (excluding diaryl/α,β-unsaturated/α-hetero) is 1. The molecule has 0 bridgehead atoms. The molecule has 0 heterocycles. The quantitative estimate of drug-likeness (QED) is 0.211. The predicted octanol–water partition coefficient (Wildman–Crippen LogP) is 0.0576. The SMILES string of the molecule is CCOC(=O)/C(=N/OC(C)=O)C(C)=O. The molecule has 14 heavy (non-hydrogen) atoms. The lowest BCUT2D eigenvalue weighted by Gasteiger charge is -2.00. The van der Waals surface area contributed by atoms with E-state index < -0.39 is 23.4 Å². The second kappa shape index (κ2) is 5.85. The standard InChI is InChI=1S/C8H11NO5/c1-4-13-8(12)7(5(2)10)9-14-6(3)11/h4H2,1-3H3/b9-7+. The number of esters is 1. The topological polar surface area (TPSA) is 82.0 Å². The minimum absolute atomic E-state index is 0.116. The van der Waals surface area contributed by atoms with Crippen LogP contribution < -0.4 is 0 Å². The van der Waals surface area contributed by atoms with Gasteiger partial charge in [0.05, 0.1) is 6.61 Å². The van der Waals surface area contributed by atoms with Crippen molar-refractivity contribution in [2.45, 2.75) is 20.8 Å². The normalized spacial score (nSPS) is 10.6. The van der Waals surface area contributed by atoms with E-state index in [9.17, 15) is 14.4 Å². The Morgan fingerprint density at radius 1 is 1.21 bits per heavy atom. The van der Waals surface area contributed by atoms with Crippen molar-refractivity contribution >= 4 is 23.4 Å². The summed E-state index contributed by atoms with van der Waals surface area (Å²) in [6, 6.07) is 0. The molecule has 0 aromatic rings. The summed E-state index contributed by atoms with van der Waals surface area (Å²) in [6.45, 7) is 3.93. The average Bonchev–Trinajstić information content (AvgIpc) is 2.03. The van der Waals surface area contributed by atoms with Crippen LogP contribution in [0.4, 0.5) is 0 Å². The fourth-order valence-electron chi connectivity index (χ4n) is 0.555. The molecule has 0 atom stereocenters. The molecule has 78 valence electrons. The first kappa shape index (κ1) is 12.3. The van der Waals surface area contributed by atoms with Gasteiger partial charge in [0.25, 0.3) is 0 Å². The molecule has 0 saturated carbocycles. The Kier molecular flexibility index (Phi) is 5.13. The highest BCUT2D eigenvalue weighted by atomic mass is 16.7. The molecule has 0 fully saturated rings. The number of carbonyl (C=O) groups is 3. The zero-order chi connectivity index (χ0) is 11.1. The summed E-state index contributed by atoms with van der Waals surface area (Å²) >= 11 is 0. The van der Waals surface area contributed by atoms with E-state index in [1.807, 2.05) is 0 Å². The van der Waals surface area contributed by atoms with Gasteiger partial charge >= 0.3 is 11.9 Å². The highest BCUT2D eigenvalue weighted by Crippen LogP contribution is 1.90. The Labute approximate surface area is 80.9 Å². The highest BCUT2D eigenvalue weighted by molar-refractivity contribution is 6.63. The third-order valence-corrected chi connectivity index (χ3v) is 1.07. The van der Waals surface area contributed by atoms with Crippen LogP contribution in [0.1, 0.15) is 20.8 Å². The molecule has 0 aliphatic rings. The van der Waals surface area contributed by atoms with Crippen LogP contribution in [0, 0.1) is 0 Å². The van der Waals surface area contributed by atoms with E-state index in [-0.39, 0.29) is 6.61 Å². The van der Waals surface area contributed by atoms with Crippen LogP contribution in [0.15, 0.2) is 5.16 Å². The maximum Gasteiger partial charge on any atom is 0.364 e. The number of nitrogens with zero attached hydrogens (tertiary/aromatic N) is 1. The third kappa shape index (κ3) is 4.34. The van der Waals surface area contributed by atoms with Gasteiger partial charge in [-0.1, -0.05) is 5.16 Å². The predicted molar refractivity (Wildman–Crippen MR) is 46.5 cm³/mol. The van der Waals surface area contributed by atoms with Crippen molar-refractivity contribution in [2.24, 2.45) is 5.16 Å². The molecule has 0 unspecified atom stereocenters. The molecule has 0 radical (unpaired) electrons. The molecule has 0 saturated heterocycles. The highest BCUT2D eigenvalue weighted by Gasteiger charge is 2.19. The van der Waals surface area contributed by atoms with E-state index in [2.05, 4.69) is 14.7 Å². The number of hydrogen-bond donors (Lipinski definition) is 0. The molecule has 0 aromatic carbocycles. The van der Waals surface area contributed by atoms with Crippen molar-refractivity contribution in [3.05, 3.63) is 0 Å². The number of ether oxygens (including phenoxy) is 1. The maximum absolute atomic E-state index is 11.0. The molecule has 0 amide bonds. The Morgan fingerprint density at radius 3 is 2.14 bits per heavy atom. The molecule has 0 spiro atoms. The second-order valence-corrected chi connectivity index (χ2v) is 2.30.